The van der Waals surface area contributed by atoms with Crippen LogP contribution in [-0.2, 0) is 17.8 Å². The van der Waals surface area contributed by atoms with Gasteiger partial charge in [0.2, 0.25) is 0 Å². The fourth-order valence-corrected chi connectivity index (χ4v) is 6.89. The van der Waals surface area contributed by atoms with Gasteiger partial charge in [-0.3, -0.25) is 14.5 Å². The van der Waals surface area contributed by atoms with Crippen molar-refractivity contribution >= 4 is 28.9 Å². The van der Waals surface area contributed by atoms with Gasteiger partial charge in [-0.05, 0) is 88.7 Å². The number of carbonyl (C=O) groups is 2. The van der Waals surface area contributed by atoms with Gasteiger partial charge in [0, 0.05) is 36.1 Å². The van der Waals surface area contributed by atoms with Crippen molar-refractivity contribution in [3.8, 4) is 11.3 Å². The van der Waals surface area contributed by atoms with E-state index in [0.29, 0.717) is 43.5 Å². The highest BCUT2D eigenvalue weighted by atomic mass is 32.1. The second-order valence-corrected chi connectivity index (χ2v) is 12.6. The van der Waals surface area contributed by atoms with Gasteiger partial charge >= 0.3 is 5.97 Å². The third kappa shape index (κ3) is 7.01. The van der Waals surface area contributed by atoms with Gasteiger partial charge in [0.15, 0.2) is 5.78 Å². The number of aromatic nitrogens is 3. The highest BCUT2D eigenvalue weighted by molar-refractivity contribution is 7.12. The number of hydrogen-bond donors (Lipinski definition) is 1. The molecule has 0 unspecified atom stereocenters. The van der Waals surface area contributed by atoms with Crippen LogP contribution in [0.4, 0.5) is 5.82 Å². The zero-order valence-electron chi connectivity index (χ0n) is 23.9. The van der Waals surface area contributed by atoms with Gasteiger partial charge in [0.05, 0.1) is 30.4 Å². The van der Waals surface area contributed by atoms with Gasteiger partial charge in [-0.25, -0.2) is 15.0 Å². The van der Waals surface area contributed by atoms with Gasteiger partial charge in [0.1, 0.15) is 16.5 Å². The van der Waals surface area contributed by atoms with Crippen LogP contribution >= 0.6 is 11.3 Å². The molecule has 1 atom stereocenters. The molecule has 5 rings (SSSR count). The van der Waals surface area contributed by atoms with Gasteiger partial charge in [-0.15, -0.1) is 11.3 Å². The molecule has 1 N–H and O–H groups in total. The second kappa shape index (κ2) is 13.2. The molecule has 0 bridgehead atoms. The number of anilines is 1. The van der Waals surface area contributed by atoms with Crippen molar-refractivity contribution in [2.75, 3.05) is 24.5 Å². The molecule has 2 aliphatic heterocycles. The Morgan fingerprint density at radius 3 is 2.32 bits per heavy atom. The number of thiazole rings is 1. The first-order valence-electron chi connectivity index (χ1n) is 14.3. The standard InChI is InChI=1S/C31H39N5O3S.CH4/c1-19-13-24(14-20(2)22(19)4)30-27(18-36-10-6-5-7-21(36)3)40-29(34-30)15-26(37)25-16-33-28(17-32-25)35-11-8-23(9-12-35)31(38)39;/h13-14,16-17,21,23H,5-12,15,18H2,1-4H3,(H,38,39);1H4/t21-;/m1./s1. The zero-order valence-corrected chi connectivity index (χ0v) is 24.8. The van der Waals surface area contributed by atoms with Crippen molar-refractivity contribution in [3.63, 3.8) is 0 Å². The maximum absolute atomic E-state index is 13.2. The number of aryl methyl sites for hydroxylation is 2. The summed E-state index contributed by atoms with van der Waals surface area (Å²) >= 11 is 1.64. The normalized spacial score (nSPS) is 18.2. The minimum absolute atomic E-state index is 0. The number of aliphatic carboxylic acids is 1. The van der Waals surface area contributed by atoms with Crippen LogP contribution in [0, 0.1) is 26.7 Å². The van der Waals surface area contributed by atoms with E-state index in [4.69, 9.17) is 4.98 Å². The number of benzene rings is 1. The molecule has 1 aromatic carbocycles. The van der Waals surface area contributed by atoms with Crippen LogP contribution in [0.5, 0.6) is 0 Å². The van der Waals surface area contributed by atoms with Crippen molar-refractivity contribution in [1.82, 2.24) is 19.9 Å². The Kier molecular flexibility index (Phi) is 9.92. The molecule has 2 fully saturated rings. The van der Waals surface area contributed by atoms with Crippen LogP contribution < -0.4 is 4.90 Å². The third-order valence-electron chi connectivity index (χ3n) is 8.63. The number of carboxylic acid groups (broad SMARTS) is 1. The molecule has 3 aromatic rings. The zero-order chi connectivity index (χ0) is 28.4. The Morgan fingerprint density at radius 2 is 1.71 bits per heavy atom. The summed E-state index contributed by atoms with van der Waals surface area (Å²) in [7, 11) is 0. The predicted molar refractivity (Wildman–Crippen MR) is 165 cm³/mol. The Balaban J connectivity index is 0.00000387. The van der Waals surface area contributed by atoms with E-state index in [1.807, 2.05) is 4.90 Å². The number of likely N-dealkylation sites (tertiary alicyclic amines) is 1. The molecular formula is C32H43N5O3S. The first-order valence-corrected chi connectivity index (χ1v) is 15.1. The largest absolute Gasteiger partial charge is 0.481 e. The highest BCUT2D eigenvalue weighted by Crippen LogP contribution is 2.34. The van der Waals surface area contributed by atoms with Gasteiger partial charge < -0.3 is 10.0 Å². The summed E-state index contributed by atoms with van der Waals surface area (Å²) in [4.78, 5) is 44.2. The second-order valence-electron chi connectivity index (χ2n) is 11.4. The molecular weight excluding hydrogens is 534 g/mol. The number of rotatable bonds is 8. The van der Waals surface area contributed by atoms with E-state index in [-0.39, 0.29) is 25.5 Å². The Morgan fingerprint density at radius 1 is 1.00 bits per heavy atom. The van der Waals surface area contributed by atoms with Crippen molar-refractivity contribution < 1.29 is 14.7 Å². The van der Waals surface area contributed by atoms with Gasteiger partial charge in [-0.2, -0.15) is 0 Å². The smallest absolute Gasteiger partial charge is 0.306 e. The lowest BCUT2D eigenvalue weighted by Crippen LogP contribution is -2.36. The summed E-state index contributed by atoms with van der Waals surface area (Å²) in [5.74, 6) is -0.458. The number of Topliss-reactive ketones (excluding diaryl/α,β-unsaturated/α-hetero) is 1. The lowest BCUT2D eigenvalue weighted by molar-refractivity contribution is -0.142. The molecule has 8 nitrogen and oxygen atoms in total. The molecule has 0 amide bonds. The molecule has 2 aromatic heterocycles. The van der Waals surface area contributed by atoms with Gasteiger partial charge in [0.25, 0.3) is 0 Å². The minimum Gasteiger partial charge on any atom is -0.481 e. The summed E-state index contributed by atoms with van der Waals surface area (Å²) in [5.41, 5.74) is 6.23. The monoisotopic (exact) mass is 577 g/mol. The molecule has 0 saturated carbocycles. The van der Waals surface area contributed by atoms with Crippen molar-refractivity contribution in [2.45, 2.75) is 86.2 Å². The van der Waals surface area contributed by atoms with Crippen LogP contribution in [-0.4, -0.2) is 62.4 Å². The molecule has 2 saturated heterocycles. The number of ketones is 1. The van der Waals surface area contributed by atoms with Crippen LogP contribution in [0.15, 0.2) is 24.5 Å². The maximum atomic E-state index is 13.2. The average Bonchev–Trinajstić information content (AvgIpc) is 3.34. The lowest BCUT2D eigenvalue weighted by Gasteiger charge is -2.33. The molecule has 0 aliphatic carbocycles. The number of hydrogen-bond acceptors (Lipinski definition) is 8. The van der Waals surface area contributed by atoms with Crippen molar-refractivity contribution in [3.05, 3.63) is 56.8 Å². The maximum Gasteiger partial charge on any atom is 0.306 e. The number of piperidine rings is 2. The topological polar surface area (TPSA) is 99.5 Å². The van der Waals surface area contributed by atoms with E-state index < -0.39 is 5.97 Å². The molecule has 4 heterocycles. The summed E-state index contributed by atoms with van der Waals surface area (Å²) < 4.78 is 0. The fraction of sp³-hybridized carbons (Fsp3) is 0.531. The Labute approximate surface area is 247 Å². The lowest BCUT2D eigenvalue weighted by atomic mass is 9.97. The summed E-state index contributed by atoms with van der Waals surface area (Å²) in [6.45, 7) is 11.9. The van der Waals surface area contributed by atoms with Crippen molar-refractivity contribution in [2.24, 2.45) is 5.92 Å². The predicted octanol–water partition coefficient (Wildman–Crippen LogP) is 6.26. The molecule has 41 heavy (non-hydrogen) atoms. The highest BCUT2D eigenvalue weighted by Gasteiger charge is 2.26. The van der Waals surface area contributed by atoms with Crippen LogP contribution in [0.3, 0.4) is 0 Å². The Bertz CT molecular complexity index is 1360. The average molecular weight is 578 g/mol. The molecule has 0 spiro atoms. The molecule has 220 valence electrons. The molecule has 9 heteroatoms. The van der Waals surface area contributed by atoms with Crippen LogP contribution in [0.25, 0.3) is 11.3 Å². The third-order valence-corrected chi connectivity index (χ3v) is 9.67. The Hall–Kier alpha value is -3.17. The summed E-state index contributed by atoms with van der Waals surface area (Å²) in [5, 5.41) is 10.0. The fourth-order valence-electron chi connectivity index (χ4n) is 5.77. The number of nitrogens with zero attached hydrogens (tertiary/aromatic N) is 5. The van der Waals surface area contributed by atoms with E-state index in [9.17, 15) is 14.7 Å². The first kappa shape index (κ1) is 30.8. The number of carboxylic acids is 1. The van der Waals surface area contributed by atoms with Crippen molar-refractivity contribution in [1.29, 1.82) is 0 Å². The van der Waals surface area contributed by atoms with Gasteiger partial charge in [-0.1, -0.05) is 13.8 Å². The van der Waals surface area contributed by atoms with E-state index in [0.717, 1.165) is 29.4 Å². The SMILES string of the molecule is C.Cc1cc(-c2nc(CC(=O)c3cnc(N4CCC(C(=O)O)CC4)cn3)sc2CN2CCCC[C@H]2C)cc(C)c1C. The number of carbonyl (C=O) groups excluding carboxylic acids is 1. The minimum atomic E-state index is -0.738. The van der Waals surface area contributed by atoms with E-state index in [1.54, 1.807) is 23.7 Å². The van der Waals surface area contributed by atoms with Crippen LogP contribution in [0.2, 0.25) is 0 Å². The van der Waals surface area contributed by atoms with E-state index in [1.165, 1.54) is 40.8 Å². The quantitative estimate of drug-likeness (QED) is 0.313. The van der Waals surface area contributed by atoms with E-state index >= 15 is 0 Å². The molecule has 0 radical (unpaired) electrons. The first-order chi connectivity index (χ1) is 19.2. The summed E-state index contributed by atoms with van der Waals surface area (Å²) in [6.07, 6.45) is 8.25. The molecule has 2 aliphatic rings. The van der Waals surface area contributed by atoms with Crippen LogP contribution in [0.1, 0.15) is 83.5 Å². The van der Waals surface area contributed by atoms with E-state index in [2.05, 4.69) is 54.7 Å². The summed E-state index contributed by atoms with van der Waals surface area (Å²) in [6, 6.07) is 4.98.